The molecule has 0 saturated carbocycles. The first-order chi connectivity index (χ1) is 13.1. The van der Waals surface area contributed by atoms with Crippen LogP contribution in [0.1, 0.15) is 40.0 Å². The molecule has 1 fully saturated rings. The van der Waals surface area contributed by atoms with Crippen LogP contribution in [0.5, 0.6) is 0 Å². The molecule has 1 unspecified atom stereocenters. The third-order valence-corrected chi connectivity index (χ3v) is 5.06. The zero-order valence-electron chi connectivity index (χ0n) is 16.2. The van der Waals surface area contributed by atoms with Crippen molar-refractivity contribution in [3.8, 4) is 0 Å². The molecule has 1 atom stereocenters. The molecule has 1 saturated heterocycles. The summed E-state index contributed by atoms with van der Waals surface area (Å²) in [6.45, 7) is 2.79. The molecule has 1 aliphatic rings. The van der Waals surface area contributed by atoms with Gasteiger partial charge in [-0.05, 0) is 68.6 Å². The highest BCUT2D eigenvalue weighted by Crippen LogP contribution is 2.16. The Morgan fingerprint density at radius 3 is 2.57 bits per heavy atom. The van der Waals surface area contributed by atoms with Crippen molar-refractivity contribution in [3.63, 3.8) is 0 Å². The van der Waals surface area contributed by atoms with E-state index in [1.807, 2.05) is 30.3 Å². The van der Waals surface area contributed by atoms with Crippen LogP contribution in [0, 0.1) is 5.92 Å². The molecule has 2 aromatic carbocycles. The van der Waals surface area contributed by atoms with Crippen LogP contribution in [0.4, 0.5) is 5.69 Å². The highest BCUT2D eigenvalue weighted by Gasteiger charge is 2.16. The van der Waals surface area contributed by atoms with Crippen LogP contribution in [-0.2, 0) is 0 Å². The summed E-state index contributed by atoms with van der Waals surface area (Å²) in [7, 11) is 1.74. The lowest BCUT2D eigenvalue weighted by Crippen LogP contribution is -2.33. The van der Waals surface area contributed by atoms with Gasteiger partial charge in [0.2, 0.25) is 0 Å². The standard InChI is InChI=1S/C22H27N3O2.ClH/c1-25(20-10-3-2-4-11-20)22(27)19-9-5-8-18(15-19)21(26)24-14-12-17-7-6-13-23-16-17;/h2-5,8-11,15,17,23H,6-7,12-14,16H2,1H3,(H,24,26);1H. The van der Waals surface area contributed by atoms with E-state index in [1.54, 1.807) is 36.2 Å². The van der Waals surface area contributed by atoms with Crippen molar-refractivity contribution < 1.29 is 9.59 Å². The Balaban J connectivity index is 0.00000280. The fourth-order valence-corrected chi connectivity index (χ4v) is 3.42. The minimum absolute atomic E-state index is 0. The zero-order chi connectivity index (χ0) is 19.1. The van der Waals surface area contributed by atoms with E-state index in [-0.39, 0.29) is 24.2 Å². The third kappa shape index (κ3) is 5.81. The second kappa shape index (κ2) is 10.8. The van der Waals surface area contributed by atoms with Crippen molar-refractivity contribution in [2.24, 2.45) is 5.92 Å². The van der Waals surface area contributed by atoms with Crippen LogP contribution in [0.3, 0.4) is 0 Å². The number of halogens is 1. The largest absolute Gasteiger partial charge is 0.352 e. The topological polar surface area (TPSA) is 61.4 Å². The molecule has 0 radical (unpaired) electrons. The third-order valence-electron chi connectivity index (χ3n) is 5.06. The van der Waals surface area contributed by atoms with Crippen molar-refractivity contribution in [1.29, 1.82) is 0 Å². The first-order valence-corrected chi connectivity index (χ1v) is 9.57. The van der Waals surface area contributed by atoms with Crippen LogP contribution in [-0.4, -0.2) is 38.5 Å². The molecule has 0 aromatic heterocycles. The lowest BCUT2D eigenvalue weighted by molar-refractivity contribution is 0.0950. The Kier molecular flexibility index (Phi) is 8.48. The van der Waals surface area contributed by atoms with E-state index in [0.717, 1.165) is 25.2 Å². The Hall–Kier alpha value is -2.37. The fraction of sp³-hybridized carbons (Fsp3) is 0.364. The van der Waals surface area contributed by atoms with Crippen molar-refractivity contribution in [1.82, 2.24) is 10.6 Å². The number of anilines is 1. The number of amides is 2. The van der Waals surface area contributed by atoms with E-state index in [1.165, 1.54) is 12.8 Å². The van der Waals surface area contributed by atoms with Gasteiger partial charge in [0.05, 0.1) is 0 Å². The number of benzene rings is 2. The van der Waals surface area contributed by atoms with Gasteiger partial charge in [-0.3, -0.25) is 9.59 Å². The molecule has 3 rings (SSSR count). The van der Waals surface area contributed by atoms with Crippen LogP contribution >= 0.6 is 12.4 Å². The summed E-state index contributed by atoms with van der Waals surface area (Å²) in [4.78, 5) is 26.8. The molecule has 1 heterocycles. The fourth-order valence-electron chi connectivity index (χ4n) is 3.42. The highest BCUT2D eigenvalue weighted by atomic mass is 35.5. The summed E-state index contributed by atoms with van der Waals surface area (Å²) in [6, 6.07) is 16.4. The average molecular weight is 402 g/mol. The number of para-hydroxylation sites is 1. The maximum atomic E-state index is 12.7. The van der Waals surface area contributed by atoms with E-state index in [9.17, 15) is 9.59 Å². The molecule has 0 spiro atoms. The van der Waals surface area contributed by atoms with Gasteiger partial charge >= 0.3 is 0 Å². The normalized spacial score (nSPS) is 16.0. The molecule has 2 amide bonds. The maximum Gasteiger partial charge on any atom is 0.258 e. The van der Waals surface area contributed by atoms with Gasteiger partial charge in [-0.2, -0.15) is 0 Å². The van der Waals surface area contributed by atoms with Crippen molar-refractivity contribution in [2.75, 3.05) is 31.6 Å². The number of piperidine rings is 1. The Morgan fingerprint density at radius 1 is 1.11 bits per heavy atom. The number of nitrogens with one attached hydrogen (secondary N) is 2. The van der Waals surface area contributed by atoms with Gasteiger partial charge in [0.15, 0.2) is 0 Å². The lowest BCUT2D eigenvalue weighted by atomic mass is 9.96. The molecular formula is C22H28ClN3O2. The second-order valence-electron chi connectivity index (χ2n) is 7.04. The number of carbonyl (C=O) groups excluding carboxylic acids is 2. The van der Waals surface area contributed by atoms with Gasteiger partial charge in [-0.25, -0.2) is 0 Å². The van der Waals surface area contributed by atoms with E-state index in [2.05, 4.69) is 10.6 Å². The summed E-state index contributed by atoms with van der Waals surface area (Å²) in [5, 5.41) is 6.38. The smallest absolute Gasteiger partial charge is 0.258 e. The molecule has 0 aliphatic carbocycles. The van der Waals surface area contributed by atoms with Crippen LogP contribution < -0.4 is 15.5 Å². The molecule has 28 heavy (non-hydrogen) atoms. The minimum atomic E-state index is -0.135. The summed E-state index contributed by atoms with van der Waals surface area (Å²) in [5.74, 6) is 0.367. The van der Waals surface area contributed by atoms with Crippen LogP contribution in [0.15, 0.2) is 54.6 Å². The minimum Gasteiger partial charge on any atom is -0.352 e. The van der Waals surface area contributed by atoms with Gasteiger partial charge in [0, 0.05) is 30.4 Å². The van der Waals surface area contributed by atoms with Gasteiger partial charge in [-0.15, -0.1) is 12.4 Å². The van der Waals surface area contributed by atoms with E-state index in [0.29, 0.717) is 23.6 Å². The average Bonchev–Trinajstić information content (AvgIpc) is 2.74. The predicted molar refractivity (Wildman–Crippen MR) is 115 cm³/mol. The monoisotopic (exact) mass is 401 g/mol. The summed E-state index contributed by atoms with van der Waals surface area (Å²) < 4.78 is 0. The first kappa shape index (κ1) is 21.9. The predicted octanol–water partition coefficient (Wildman–Crippen LogP) is 3.50. The van der Waals surface area contributed by atoms with E-state index >= 15 is 0 Å². The van der Waals surface area contributed by atoms with Crippen LogP contribution in [0.2, 0.25) is 0 Å². The molecule has 0 bridgehead atoms. The van der Waals surface area contributed by atoms with Crippen molar-refractivity contribution in [3.05, 3.63) is 65.7 Å². The molecule has 6 heteroatoms. The summed E-state index contributed by atoms with van der Waals surface area (Å²) in [5.41, 5.74) is 1.84. The molecule has 2 N–H and O–H groups in total. The van der Waals surface area contributed by atoms with Crippen LogP contribution in [0.25, 0.3) is 0 Å². The number of nitrogens with zero attached hydrogens (tertiary/aromatic N) is 1. The highest BCUT2D eigenvalue weighted by molar-refractivity contribution is 6.07. The number of hydrogen-bond acceptors (Lipinski definition) is 3. The second-order valence-corrected chi connectivity index (χ2v) is 7.04. The Bertz CT molecular complexity index is 776. The molecular weight excluding hydrogens is 374 g/mol. The molecule has 150 valence electrons. The van der Waals surface area contributed by atoms with Crippen molar-refractivity contribution in [2.45, 2.75) is 19.3 Å². The Labute approximate surface area is 172 Å². The zero-order valence-corrected chi connectivity index (χ0v) is 17.0. The molecule has 2 aromatic rings. The van der Waals surface area contributed by atoms with E-state index in [4.69, 9.17) is 0 Å². The number of rotatable bonds is 6. The van der Waals surface area contributed by atoms with Gasteiger partial charge < -0.3 is 15.5 Å². The summed E-state index contributed by atoms with van der Waals surface area (Å²) in [6.07, 6.45) is 3.41. The Morgan fingerprint density at radius 2 is 1.86 bits per heavy atom. The van der Waals surface area contributed by atoms with E-state index < -0.39 is 0 Å². The lowest BCUT2D eigenvalue weighted by Gasteiger charge is -2.22. The summed E-state index contributed by atoms with van der Waals surface area (Å²) >= 11 is 0. The SMILES string of the molecule is CN(C(=O)c1cccc(C(=O)NCCC2CCCNC2)c1)c1ccccc1.Cl. The number of carbonyl (C=O) groups is 2. The molecule has 1 aliphatic heterocycles. The molecule has 5 nitrogen and oxygen atoms in total. The van der Waals surface area contributed by atoms with Gasteiger partial charge in [0.1, 0.15) is 0 Å². The maximum absolute atomic E-state index is 12.7. The van der Waals surface area contributed by atoms with Crippen molar-refractivity contribution >= 4 is 29.9 Å². The van der Waals surface area contributed by atoms with Gasteiger partial charge in [0.25, 0.3) is 11.8 Å². The number of hydrogen-bond donors (Lipinski definition) is 2. The van der Waals surface area contributed by atoms with Gasteiger partial charge in [-0.1, -0.05) is 24.3 Å². The first-order valence-electron chi connectivity index (χ1n) is 9.57. The quantitative estimate of drug-likeness (QED) is 0.778.